The minimum absolute atomic E-state index is 0.199. The molecule has 0 unspecified atom stereocenters. The molecule has 0 spiro atoms. The summed E-state index contributed by atoms with van der Waals surface area (Å²) < 4.78 is 7.39. The first kappa shape index (κ1) is 28.1. The SMILES string of the molecule is CCOCn1c(C)cc(-c2ccccc2)c1C(=O)C(=O)Nc1ccc(N2CCN(c3nccc(C)c3C)CC2)cc1. The van der Waals surface area contributed by atoms with Gasteiger partial charge in [-0.2, -0.15) is 0 Å². The van der Waals surface area contributed by atoms with Gasteiger partial charge in [-0.1, -0.05) is 30.3 Å². The van der Waals surface area contributed by atoms with Gasteiger partial charge in [-0.25, -0.2) is 4.98 Å². The van der Waals surface area contributed by atoms with E-state index in [1.165, 1.54) is 11.1 Å². The Hall–Kier alpha value is -4.43. The van der Waals surface area contributed by atoms with Crippen LogP contribution in [-0.4, -0.2) is 54.0 Å². The monoisotopic (exact) mass is 551 g/mol. The van der Waals surface area contributed by atoms with Crippen LogP contribution in [0.25, 0.3) is 11.1 Å². The fourth-order valence-corrected chi connectivity index (χ4v) is 5.27. The van der Waals surface area contributed by atoms with Crippen molar-refractivity contribution < 1.29 is 14.3 Å². The van der Waals surface area contributed by atoms with Crippen LogP contribution in [-0.2, 0) is 16.3 Å². The molecular weight excluding hydrogens is 514 g/mol. The fourth-order valence-electron chi connectivity index (χ4n) is 5.27. The zero-order valence-electron chi connectivity index (χ0n) is 24.2. The molecule has 1 aliphatic heterocycles. The molecule has 0 aliphatic carbocycles. The van der Waals surface area contributed by atoms with E-state index in [0.717, 1.165) is 48.9 Å². The van der Waals surface area contributed by atoms with Crippen LogP contribution in [0.5, 0.6) is 0 Å². The van der Waals surface area contributed by atoms with Gasteiger partial charge in [-0.05, 0) is 80.8 Å². The lowest BCUT2D eigenvalue weighted by atomic mass is 10.0. The molecule has 0 atom stereocenters. The highest BCUT2D eigenvalue weighted by atomic mass is 16.5. The number of carbonyl (C=O) groups is 2. The average Bonchev–Trinajstić information content (AvgIpc) is 3.33. The first-order chi connectivity index (χ1) is 19.9. The summed E-state index contributed by atoms with van der Waals surface area (Å²) in [5.74, 6) is -0.220. The Kier molecular flexibility index (Phi) is 8.50. The molecule has 8 nitrogen and oxygen atoms in total. The van der Waals surface area contributed by atoms with Crippen molar-refractivity contribution in [1.29, 1.82) is 0 Å². The maximum Gasteiger partial charge on any atom is 0.298 e. The normalized spacial score (nSPS) is 13.4. The molecule has 8 heteroatoms. The summed E-state index contributed by atoms with van der Waals surface area (Å²) in [7, 11) is 0. The molecule has 1 N–H and O–H groups in total. The molecule has 0 radical (unpaired) electrons. The number of aryl methyl sites for hydroxylation is 2. The molecule has 1 fully saturated rings. The quantitative estimate of drug-likeness (QED) is 0.215. The average molecular weight is 552 g/mol. The Morgan fingerprint density at radius 1 is 0.902 bits per heavy atom. The maximum atomic E-state index is 13.5. The van der Waals surface area contributed by atoms with E-state index in [9.17, 15) is 9.59 Å². The van der Waals surface area contributed by atoms with Gasteiger partial charge in [0.05, 0.1) is 0 Å². The van der Waals surface area contributed by atoms with Crippen molar-refractivity contribution in [1.82, 2.24) is 9.55 Å². The third kappa shape index (κ3) is 6.02. The summed E-state index contributed by atoms with van der Waals surface area (Å²) in [6.45, 7) is 12.3. The van der Waals surface area contributed by atoms with Gasteiger partial charge in [-0.3, -0.25) is 9.59 Å². The summed E-state index contributed by atoms with van der Waals surface area (Å²) in [4.78, 5) is 36.0. The van der Waals surface area contributed by atoms with Crippen LogP contribution < -0.4 is 15.1 Å². The van der Waals surface area contributed by atoms with E-state index in [-0.39, 0.29) is 6.73 Å². The number of benzene rings is 2. The number of ketones is 1. The number of ether oxygens (including phenoxy) is 1. The van der Waals surface area contributed by atoms with Gasteiger partial charge in [0, 0.05) is 61.6 Å². The van der Waals surface area contributed by atoms with Crippen molar-refractivity contribution in [3.05, 3.63) is 95.4 Å². The molecular formula is C33H37N5O3. The Morgan fingerprint density at radius 2 is 1.59 bits per heavy atom. The van der Waals surface area contributed by atoms with E-state index >= 15 is 0 Å². The first-order valence-electron chi connectivity index (χ1n) is 14.1. The maximum absolute atomic E-state index is 13.5. The van der Waals surface area contributed by atoms with E-state index in [0.29, 0.717) is 23.6 Å². The lowest BCUT2D eigenvalue weighted by molar-refractivity contribution is -0.112. The van der Waals surface area contributed by atoms with Gasteiger partial charge in [0.15, 0.2) is 0 Å². The molecule has 41 heavy (non-hydrogen) atoms. The molecule has 4 aromatic rings. The molecule has 2 aromatic carbocycles. The van der Waals surface area contributed by atoms with Gasteiger partial charge >= 0.3 is 0 Å². The highest BCUT2D eigenvalue weighted by Gasteiger charge is 2.27. The van der Waals surface area contributed by atoms with E-state index in [1.807, 2.05) is 86.8 Å². The predicted octanol–water partition coefficient (Wildman–Crippen LogP) is 5.62. The molecule has 0 saturated carbocycles. The van der Waals surface area contributed by atoms with Crippen molar-refractivity contribution in [2.45, 2.75) is 34.4 Å². The van der Waals surface area contributed by atoms with Crippen LogP contribution in [0.2, 0.25) is 0 Å². The third-order valence-electron chi connectivity index (χ3n) is 7.75. The van der Waals surface area contributed by atoms with Crippen molar-refractivity contribution in [3.63, 3.8) is 0 Å². The second-order valence-corrected chi connectivity index (χ2v) is 10.3. The molecule has 0 bridgehead atoms. The molecule has 2 aromatic heterocycles. The van der Waals surface area contributed by atoms with E-state index in [4.69, 9.17) is 4.74 Å². The standard InChI is InChI=1S/C33H37N5O3/c1-5-41-22-38-24(3)21-29(26-9-7-6-8-10-26)30(38)31(39)33(40)35-27-11-13-28(14-12-27)36-17-19-37(20-18-36)32-25(4)23(2)15-16-34-32/h6-16,21H,5,17-20,22H2,1-4H3,(H,35,40). The van der Waals surface area contributed by atoms with Gasteiger partial charge in [-0.15, -0.1) is 0 Å². The van der Waals surface area contributed by atoms with Gasteiger partial charge < -0.3 is 24.4 Å². The van der Waals surface area contributed by atoms with Gasteiger partial charge in [0.2, 0.25) is 0 Å². The van der Waals surface area contributed by atoms with Crippen LogP contribution in [0.4, 0.5) is 17.2 Å². The lowest BCUT2D eigenvalue weighted by Gasteiger charge is -2.37. The van der Waals surface area contributed by atoms with Crippen LogP contribution in [0, 0.1) is 20.8 Å². The molecule has 212 valence electrons. The predicted molar refractivity (Wildman–Crippen MR) is 164 cm³/mol. The number of hydrogen-bond donors (Lipinski definition) is 1. The summed E-state index contributed by atoms with van der Waals surface area (Å²) in [5.41, 5.74) is 6.91. The molecule has 5 rings (SSSR count). The minimum Gasteiger partial charge on any atom is -0.368 e. The number of piperazine rings is 1. The Labute approximate surface area is 241 Å². The van der Waals surface area contributed by atoms with Gasteiger partial charge in [0.1, 0.15) is 18.2 Å². The second-order valence-electron chi connectivity index (χ2n) is 10.3. The number of Topliss-reactive ketones (excluding diaryl/α,β-unsaturated/α-hetero) is 1. The van der Waals surface area contributed by atoms with Gasteiger partial charge in [0.25, 0.3) is 11.7 Å². The zero-order chi connectivity index (χ0) is 28.9. The number of amides is 1. The number of anilines is 3. The van der Waals surface area contributed by atoms with Crippen molar-refractivity contribution in [2.75, 3.05) is 47.9 Å². The number of aromatic nitrogens is 2. The summed E-state index contributed by atoms with van der Waals surface area (Å²) in [6.07, 6.45) is 1.88. The highest BCUT2D eigenvalue weighted by Crippen LogP contribution is 2.29. The Morgan fingerprint density at radius 3 is 2.27 bits per heavy atom. The number of carbonyl (C=O) groups excluding carboxylic acids is 2. The third-order valence-corrected chi connectivity index (χ3v) is 7.75. The zero-order valence-corrected chi connectivity index (χ0v) is 24.2. The van der Waals surface area contributed by atoms with E-state index in [2.05, 4.69) is 33.9 Å². The van der Waals surface area contributed by atoms with E-state index < -0.39 is 11.7 Å². The molecule has 3 heterocycles. The van der Waals surface area contributed by atoms with Crippen molar-refractivity contribution in [3.8, 4) is 11.1 Å². The lowest BCUT2D eigenvalue weighted by Crippen LogP contribution is -2.47. The number of rotatable bonds is 9. The van der Waals surface area contributed by atoms with Crippen LogP contribution in [0.15, 0.2) is 72.9 Å². The van der Waals surface area contributed by atoms with Crippen molar-refractivity contribution >= 4 is 28.9 Å². The van der Waals surface area contributed by atoms with Crippen molar-refractivity contribution in [2.24, 2.45) is 0 Å². The molecule has 1 saturated heterocycles. The first-order valence-corrected chi connectivity index (χ1v) is 14.1. The number of hydrogen-bond acceptors (Lipinski definition) is 6. The largest absolute Gasteiger partial charge is 0.368 e. The van der Waals surface area contributed by atoms with E-state index in [1.54, 1.807) is 4.57 Å². The number of nitrogens with one attached hydrogen (secondary N) is 1. The van der Waals surface area contributed by atoms with Crippen LogP contribution in [0.3, 0.4) is 0 Å². The van der Waals surface area contributed by atoms with Crippen LogP contribution in [0.1, 0.15) is 34.2 Å². The Balaban J connectivity index is 1.27. The topological polar surface area (TPSA) is 79.7 Å². The smallest absolute Gasteiger partial charge is 0.298 e. The summed E-state index contributed by atoms with van der Waals surface area (Å²) >= 11 is 0. The molecule has 1 amide bonds. The molecule has 1 aliphatic rings. The second kappa shape index (κ2) is 12.4. The Bertz CT molecular complexity index is 1520. The number of pyridine rings is 1. The minimum atomic E-state index is -0.680. The van der Waals surface area contributed by atoms with Crippen LogP contribution >= 0.6 is 0 Å². The summed E-state index contributed by atoms with van der Waals surface area (Å²) in [5, 5.41) is 2.80. The summed E-state index contributed by atoms with van der Waals surface area (Å²) in [6, 6.07) is 21.3. The fraction of sp³-hybridized carbons (Fsp3) is 0.303. The number of nitrogens with zero attached hydrogens (tertiary/aromatic N) is 4. The highest BCUT2D eigenvalue weighted by molar-refractivity contribution is 6.47.